The molecule has 142 valence electrons. The van der Waals surface area contributed by atoms with Crippen molar-refractivity contribution in [1.29, 1.82) is 0 Å². The predicted octanol–water partition coefficient (Wildman–Crippen LogP) is 8.08. The van der Waals surface area contributed by atoms with Crippen molar-refractivity contribution in [3.05, 3.63) is 70.2 Å². The van der Waals surface area contributed by atoms with E-state index in [-0.39, 0.29) is 0 Å². The van der Waals surface area contributed by atoms with Crippen LogP contribution in [0.1, 0.15) is 65.0 Å². The lowest BCUT2D eigenvalue weighted by Crippen LogP contribution is -2.00. The van der Waals surface area contributed by atoms with Crippen LogP contribution in [0.25, 0.3) is 5.76 Å². The lowest BCUT2D eigenvalue weighted by Gasteiger charge is -2.19. The van der Waals surface area contributed by atoms with Gasteiger partial charge in [-0.2, -0.15) is 0 Å². The third-order valence-corrected chi connectivity index (χ3v) is 4.62. The van der Waals surface area contributed by atoms with Crippen molar-refractivity contribution < 1.29 is 4.74 Å². The zero-order valence-corrected chi connectivity index (χ0v) is 18.1. The molecule has 3 rings (SSSR count). The summed E-state index contributed by atoms with van der Waals surface area (Å²) in [6.07, 6.45) is 14.1. The third-order valence-electron chi connectivity index (χ3n) is 3.50. The van der Waals surface area contributed by atoms with Gasteiger partial charge in [0, 0.05) is 16.9 Å². The van der Waals surface area contributed by atoms with Crippen molar-refractivity contribution in [1.82, 2.24) is 0 Å². The van der Waals surface area contributed by atoms with Gasteiger partial charge in [-0.1, -0.05) is 88.7 Å². The van der Waals surface area contributed by atoms with Crippen LogP contribution in [0.4, 0.5) is 0 Å². The Balaban J connectivity index is 0.000000615. The molecule has 0 saturated heterocycles. The van der Waals surface area contributed by atoms with E-state index < -0.39 is 0 Å². The number of ether oxygens (including phenoxy) is 1. The third kappa shape index (κ3) is 6.92. The van der Waals surface area contributed by atoms with Crippen molar-refractivity contribution in [3.63, 3.8) is 0 Å². The first-order valence-corrected chi connectivity index (χ1v) is 10.7. The quantitative estimate of drug-likeness (QED) is 0.532. The lowest BCUT2D eigenvalue weighted by atomic mass is 10.1. The first-order valence-electron chi connectivity index (χ1n) is 9.87. The Bertz CT molecular complexity index is 677. The van der Waals surface area contributed by atoms with Crippen molar-refractivity contribution in [2.45, 2.75) is 65.7 Å². The van der Waals surface area contributed by atoms with E-state index in [9.17, 15) is 0 Å². The van der Waals surface area contributed by atoms with Gasteiger partial charge in [-0.3, -0.25) is 0 Å². The van der Waals surface area contributed by atoms with E-state index in [2.05, 4.69) is 76.3 Å². The van der Waals surface area contributed by atoms with Crippen LogP contribution in [-0.4, -0.2) is 6.61 Å². The van der Waals surface area contributed by atoms with Gasteiger partial charge in [0.1, 0.15) is 5.76 Å². The molecule has 2 heteroatoms. The molecule has 1 aliphatic heterocycles. The van der Waals surface area contributed by atoms with E-state index in [4.69, 9.17) is 4.74 Å². The van der Waals surface area contributed by atoms with Crippen molar-refractivity contribution in [3.8, 4) is 0 Å². The van der Waals surface area contributed by atoms with Gasteiger partial charge in [-0.05, 0) is 42.0 Å². The molecular weight excluding hydrogens is 336 g/mol. The largest absolute Gasteiger partial charge is 0.493 e. The maximum atomic E-state index is 6.04. The van der Waals surface area contributed by atoms with Crippen LogP contribution >= 0.6 is 11.8 Å². The standard InChI is InChI=1S/C19H20OS.C3H8.C2H6/c1-3-10-20-18-13-15-6-4-5-7-16(12-15)21-19-9-8-14(2)11-17(18)19;1-3-2;1-2/h4-9,11,13H,3,10,12H2,1-2H3;3H2,1-2H3;1-2H3/b18-13+;;. The average molecular weight is 371 g/mol. The molecule has 26 heavy (non-hydrogen) atoms. The Morgan fingerprint density at radius 3 is 2.42 bits per heavy atom. The second kappa shape index (κ2) is 12.6. The fourth-order valence-corrected chi connectivity index (χ4v) is 3.55. The summed E-state index contributed by atoms with van der Waals surface area (Å²) in [4.78, 5) is 2.66. The number of hydrogen-bond acceptors (Lipinski definition) is 2. The maximum absolute atomic E-state index is 6.04. The average Bonchev–Trinajstić information content (AvgIpc) is 2.87. The highest BCUT2D eigenvalue weighted by Gasteiger charge is 2.17. The summed E-state index contributed by atoms with van der Waals surface area (Å²) >= 11 is 1.85. The molecule has 0 spiro atoms. The van der Waals surface area contributed by atoms with E-state index in [1.807, 2.05) is 25.6 Å². The maximum Gasteiger partial charge on any atom is 0.127 e. The second-order valence-corrected chi connectivity index (χ2v) is 7.27. The summed E-state index contributed by atoms with van der Waals surface area (Å²) in [5.74, 6) is 1.00. The SMILES string of the molecule is CC.CCC.CCCO/C1=C/C2=CC=CC=C(C2)Sc2ccc(C)cc21. The molecular formula is C24H34OS. The van der Waals surface area contributed by atoms with E-state index in [1.54, 1.807) is 0 Å². The number of hydrogen-bond donors (Lipinski definition) is 0. The monoisotopic (exact) mass is 370 g/mol. The molecule has 1 nitrogen and oxygen atoms in total. The van der Waals surface area contributed by atoms with Gasteiger partial charge < -0.3 is 4.74 Å². The van der Waals surface area contributed by atoms with E-state index >= 15 is 0 Å². The van der Waals surface area contributed by atoms with Crippen LogP contribution in [0.2, 0.25) is 0 Å². The van der Waals surface area contributed by atoms with Crippen LogP contribution in [0.5, 0.6) is 0 Å². The smallest absolute Gasteiger partial charge is 0.127 e. The highest BCUT2D eigenvalue weighted by Crippen LogP contribution is 2.40. The van der Waals surface area contributed by atoms with E-state index in [0.29, 0.717) is 0 Å². The summed E-state index contributed by atoms with van der Waals surface area (Å²) < 4.78 is 6.04. The Morgan fingerprint density at radius 1 is 1.04 bits per heavy atom. The number of allylic oxidation sites excluding steroid dienone is 7. The van der Waals surface area contributed by atoms with E-state index in [1.165, 1.54) is 32.9 Å². The molecule has 2 bridgehead atoms. The molecule has 0 unspecified atom stereocenters. The van der Waals surface area contributed by atoms with Gasteiger partial charge in [0.05, 0.1) is 6.61 Å². The molecule has 0 radical (unpaired) electrons. The minimum absolute atomic E-state index is 0.760. The van der Waals surface area contributed by atoms with Crippen LogP contribution in [0, 0.1) is 6.92 Å². The second-order valence-electron chi connectivity index (χ2n) is 6.10. The fraction of sp³-hybridized carbons (Fsp3) is 0.417. The Morgan fingerprint density at radius 2 is 1.73 bits per heavy atom. The number of aryl methyl sites for hydroxylation is 1. The van der Waals surface area contributed by atoms with Crippen LogP contribution in [0.3, 0.4) is 0 Å². The number of fused-ring (bicyclic) bond motifs is 3. The van der Waals surface area contributed by atoms with Crippen LogP contribution in [0.15, 0.2) is 64.0 Å². The highest BCUT2D eigenvalue weighted by molar-refractivity contribution is 8.03. The first-order chi connectivity index (χ1) is 12.7. The van der Waals surface area contributed by atoms with Crippen molar-refractivity contribution in [2.24, 2.45) is 0 Å². The molecule has 0 amide bonds. The number of rotatable bonds is 3. The van der Waals surface area contributed by atoms with Gasteiger partial charge in [0.2, 0.25) is 0 Å². The van der Waals surface area contributed by atoms with Gasteiger partial charge >= 0.3 is 0 Å². The molecule has 1 aliphatic carbocycles. The Kier molecular flexibility index (Phi) is 10.9. The highest BCUT2D eigenvalue weighted by atomic mass is 32.2. The van der Waals surface area contributed by atoms with Gasteiger partial charge in [-0.25, -0.2) is 0 Å². The van der Waals surface area contributed by atoms with Crippen LogP contribution < -0.4 is 0 Å². The molecule has 1 aromatic carbocycles. The predicted molar refractivity (Wildman–Crippen MR) is 118 cm³/mol. The minimum Gasteiger partial charge on any atom is -0.493 e. The summed E-state index contributed by atoms with van der Waals surface area (Å²) in [5.41, 5.74) is 3.79. The summed E-state index contributed by atoms with van der Waals surface area (Å²) in [6.45, 7) is 13.3. The first kappa shape index (κ1) is 22.4. The molecule has 1 aromatic rings. The summed E-state index contributed by atoms with van der Waals surface area (Å²) in [6, 6.07) is 6.62. The Hall–Kier alpha value is -1.67. The normalized spacial score (nSPS) is 16.5. The Labute approximate surface area is 164 Å². The van der Waals surface area contributed by atoms with Gasteiger partial charge in [-0.15, -0.1) is 0 Å². The molecule has 1 heterocycles. The zero-order chi connectivity index (χ0) is 19.4. The topological polar surface area (TPSA) is 9.23 Å². The molecule has 0 aromatic heterocycles. The van der Waals surface area contributed by atoms with Crippen molar-refractivity contribution >= 4 is 17.5 Å². The van der Waals surface area contributed by atoms with Gasteiger partial charge in [0.15, 0.2) is 0 Å². The molecule has 0 atom stereocenters. The number of benzene rings is 1. The fourth-order valence-electron chi connectivity index (χ4n) is 2.47. The molecule has 0 fully saturated rings. The summed E-state index contributed by atoms with van der Waals surface area (Å²) in [7, 11) is 0. The van der Waals surface area contributed by atoms with Gasteiger partial charge in [0.25, 0.3) is 0 Å². The van der Waals surface area contributed by atoms with Crippen molar-refractivity contribution in [2.75, 3.05) is 6.61 Å². The molecule has 2 aliphatic rings. The lowest BCUT2D eigenvalue weighted by molar-refractivity contribution is 0.276. The van der Waals surface area contributed by atoms with E-state index in [0.717, 1.165) is 25.2 Å². The number of thioether (sulfide) groups is 1. The summed E-state index contributed by atoms with van der Waals surface area (Å²) in [5, 5.41) is 0. The molecule has 0 N–H and O–H groups in total. The minimum atomic E-state index is 0.760. The molecule has 0 saturated carbocycles. The zero-order valence-electron chi connectivity index (χ0n) is 17.3. The van der Waals surface area contributed by atoms with Crippen LogP contribution in [-0.2, 0) is 4.74 Å².